The molecule has 6 heteroatoms. The number of ether oxygens (including phenoxy) is 1. The maximum atomic E-state index is 12.1. The molecular weight excluding hydrogens is 294 g/mol. The normalized spacial score (nSPS) is 15.2. The van der Waals surface area contributed by atoms with E-state index in [2.05, 4.69) is 16.7 Å². The van der Waals surface area contributed by atoms with Crippen LogP contribution in [0.3, 0.4) is 0 Å². The second-order valence-corrected chi connectivity index (χ2v) is 5.52. The molecule has 0 unspecified atom stereocenters. The number of hydrogen-bond donors (Lipinski definition) is 1. The van der Waals surface area contributed by atoms with Gasteiger partial charge in [-0.05, 0) is 19.3 Å². The van der Waals surface area contributed by atoms with Crippen LogP contribution in [-0.2, 0) is 14.4 Å². The van der Waals surface area contributed by atoms with E-state index in [4.69, 9.17) is 10.6 Å². The van der Waals surface area contributed by atoms with Crippen molar-refractivity contribution < 1.29 is 14.4 Å². The van der Waals surface area contributed by atoms with Crippen LogP contribution in [0.1, 0.15) is 52.9 Å². The fourth-order valence-electron chi connectivity index (χ4n) is 2.42. The number of piperazine rings is 1. The molecule has 1 amide bonds. The van der Waals surface area contributed by atoms with Crippen molar-refractivity contribution in [3.63, 3.8) is 0 Å². The topological polar surface area (TPSA) is 68.0 Å². The smallest absolute Gasteiger partial charge is 0.222 e. The lowest BCUT2D eigenvalue weighted by Crippen LogP contribution is -2.49. The molecule has 6 nitrogen and oxygen atoms in total. The van der Waals surface area contributed by atoms with Crippen LogP contribution in [0.4, 0.5) is 0 Å². The quantitative estimate of drug-likeness (QED) is 0.463. The van der Waals surface area contributed by atoms with Gasteiger partial charge in [-0.1, -0.05) is 27.2 Å². The Morgan fingerprint density at radius 1 is 1.00 bits per heavy atom. The summed E-state index contributed by atoms with van der Waals surface area (Å²) in [7, 11) is 0. The second kappa shape index (κ2) is 16.2. The highest BCUT2D eigenvalue weighted by molar-refractivity contribution is 5.76. The lowest BCUT2D eigenvalue weighted by Gasteiger charge is -2.34. The van der Waals surface area contributed by atoms with E-state index < -0.39 is 0 Å². The predicted molar refractivity (Wildman–Crippen MR) is 94.1 cm³/mol. The van der Waals surface area contributed by atoms with Gasteiger partial charge in [0.15, 0.2) is 0 Å². The summed E-state index contributed by atoms with van der Waals surface area (Å²) in [6.45, 7) is 12.8. The van der Waals surface area contributed by atoms with E-state index in [1.807, 2.05) is 18.7 Å². The average Bonchev–Trinajstić information content (AvgIpc) is 2.60. The Kier molecular flexibility index (Phi) is 15.7. The van der Waals surface area contributed by atoms with Crippen LogP contribution < -0.4 is 5.90 Å². The monoisotopic (exact) mass is 331 g/mol. The molecule has 0 bridgehead atoms. The Morgan fingerprint density at radius 2 is 1.65 bits per heavy atom. The molecule has 1 fully saturated rings. The Morgan fingerprint density at radius 3 is 2.26 bits per heavy atom. The summed E-state index contributed by atoms with van der Waals surface area (Å²) >= 11 is 0. The molecule has 0 aliphatic carbocycles. The van der Waals surface area contributed by atoms with E-state index >= 15 is 0 Å². The van der Waals surface area contributed by atoms with Crippen LogP contribution in [-0.4, -0.2) is 68.3 Å². The van der Waals surface area contributed by atoms with Gasteiger partial charge in [-0.2, -0.15) is 0 Å². The van der Waals surface area contributed by atoms with E-state index in [0.29, 0.717) is 19.6 Å². The summed E-state index contributed by atoms with van der Waals surface area (Å²) in [6, 6.07) is 0. The second-order valence-electron chi connectivity index (χ2n) is 5.52. The molecular formula is C17H37N3O3. The Bertz CT molecular complexity index is 270. The van der Waals surface area contributed by atoms with E-state index in [0.717, 1.165) is 65.0 Å². The standard InChI is InChI=1S/C15H31N3O3.C2H6/c1-2-3-12-20-13-4-6-15(19)18-10-8-17(9-11-18)7-5-14-21-16;1-2/h2-14,16H2,1H3;1-2H3. The maximum absolute atomic E-state index is 12.1. The molecule has 138 valence electrons. The molecule has 0 radical (unpaired) electrons. The average molecular weight is 332 g/mol. The summed E-state index contributed by atoms with van der Waals surface area (Å²) in [6.07, 6.45) is 4.63. The van der Waals surface area contributed by atoms with Gasteiger partial charge in [-0.25, -0.2) is 5.90 Å². The molecule has 0 saturated carbocycles. The summed E-state index contributed by atoms with van der Waals surface area (Å²) < 4.78 is 5.48. The fraction of sp³-hybridized carbons (Fsp3) is 0.941. The molecule has 1 aliphatic heterocycles. The maximum Gasteiger partial charge on any atom is 0.222 e. The number of hydrogen-bond acceptors (Lipinski definition) is 5. The molecule has 23 heavy (non-hydrogen) atoms. The van der Waals surface area contributed by atoms with Crippen molar-refractivity contribution in [1.29, 1.82) is 0 Å². The number of carbonyl (C=O) groups is 1. The van der Waals surface area contributed by atoms with E-state index in [-0.39, 0.29) is 5.91 Å². The molecule has 1 aliphatic rings. The molecule has 1 saturated heterocycles. The first-order valence-electron chi connectivity index (χ1n) is 9.17. The molecule has 0 atom stereocenters. The third kappa shape index (κ3) is 11.5. The van der Waals surface area contributed by atoms with Gasteiger partial charge in [0.2, 0.25) is 5.91 Å². The van der Waals surface area contributed by atoms with Crippen molar-refractivity contribution in [2.75, 3.05) is 52.5 Å². The predicted octanol–water partition coefficient (Wildman–Crippen LogP) is 2.03. The number of nitrogens with zero attached hydrogens (tertiary/aromatic N) is 2. The zero-order chi connectivity index (χ0) is 17.3. The third-order valence-electron chi connectivity index (χ3n) is 3.78. The number of carbonyl (C=O) groups excluding carboxylic acids is 1. The van der Waals surface area contributed by atoms with Gasteiger partial charge in [0.05, 0.1) is 6.61 Å². The number of rotatable bonds is 11. The van der Waals surface area contributed by atoms with Crippen molar-refractivity contribution in [3.8, 4) is 0 Å². The first-order valence-corrected chi connectivity index (χ1v) is 9.17. The summed E-state index contributed by atoms with van der Waals surface area (Å²) in [5, 5.41) is 0. The Balaban J connectivity index is 0.00000232. The third-order valence-corrected chi connectivity index (χ3v) is 3.78. The molecule has 1 heterocycles. The Labute approximate surface area is 142 Å². The number of unbranched alkanes of at least 4 members (excludes halogenated alkanes) is 1. The molecule has 2 N–H and O–H groups in total. The molecule has 0 spiro atoms. The van der Waals surface area contributed by atoms with Crippen LogP contribution in [0, 0.1) is 0 Å². The minimum absolute atomic E-state index is 0.263. The fourth-order valence-corrected chi connectivity index (χ4v) is 2.42. The van der Waals surface area contributed by atoms with Crippen molar-refractivity contribution >= 4 is 5.91 Å². The van der Waals surface area contributed by atoms with Gasteiger partial charge in [0, 0.05) is 52.4 Å². The lowest BCUT2D eigenvalue weighted by molar-refractivity contribution is -0.133. The summed E-state index contributed by atoms with van der Waals surface area (Å²) in [5.41, 5.74) is 0. The van der Waals surface area contributed by atoms with Crippen molar-refractivity contribution in [2.24, 2.45) is 5.90 Å². The van der Waals surface area contributed by atoms with Gasteiger partial charge >= 0.3 is 0 Å². The largest absolute Gasteiger partial charge is 0.381 e. The molecule has 0 aromatic heterocycles. The summed E-state index contributed by atoms with van der Waals surface area (Å²) in [4.78, 5) is 21.0. The highest BCUT2D eigenvalue weighted by atomic mass is 16.6. The number of nitrogens with two attached hydrogens (primary N) is 1. The number of amides is 1. The zero-order valence-electron chi connectivity index (χ0n) is 15.4. The molecule has 1 rings (SSSR count). The first-order chi connectivity index (χ1) is 11.3. The minimum Gasteiger partial charge on any atom is -0.381 e. The van der Waals surface area contributed by atoms with Gasteiger partial charge in [-0.15, -0.1) is 0 Å². The molecule has 0 aromatic carbocycles. The van der Waals surface area contributed by atoms with E-state index in [9.17, 15) is 4.79 Å². The van der Waals surface area contributed by atoms with Gasteiger partial charge in [-0.3, -0.25) is 9.69 Å². The van der Waals surface area contributed by atoms with Crippen LogP contribution in [0.25, 0.3) is 0 Å². The zero-order valence-corrected chi connectivity index (χ0v) is 15.4. The highest BCUT2D eigenvalue weighted by Gasteiger charge is 2.20. The van der Waals surface area contributed by atoms with Crippen molar-refractivity contribution in [3.05, 3.63) is 0 Å². The lowest BCUT2D eigenvalue weighted by atomic mass is 10.2. The minimum atomic E-state index is 0.263. The SMILES string of the molecule is CC.CCCCOCCCC(=O)N1CCN(CCCON)CC1. The summed E-state index contributed by atoms with van der Waals surface area (Å²) in [5.74, 6) is 5.27. The van der Waals surface area contributed by atoms with E-state index in [1.165, 1.54) is 0 Å². The van der Waals surface area contributed by atoms with Crippen LogP contribution in [0.5, 0.6) is 0 Å². The van der Waals surface area contributed by atoms with Crippen LogP contribution in [0.2, 0.25) is 0 Å². The van der Waals surface area contributed by atoms with Crippen molar-refractivity contribution in [1.82, 2.24) is 9.80 Å². The van der Waals surface area contributed by atoms with Crippen molar-refractivity contribution in [2.45, 2.75) is 52.9 Å². The van der Waals surface area contributed by atoms with Gasteiger partial charge < -0.3 is 14.5 Å². The highest BCUT2D eigenvalue weighted by Crippen LogP contribution is 2.06. The van der Waals surface area contributed by atoms with Crippen LogP contribution >= 0.6 is 0 Å². The van der Waals surface area contributed by atoms with Gasteiger partial charge in [0.25, 0.3) is 0 Å². The Hall–Kier alpha value is -0.690. The van der Waals surface area contributed by atoms with Gasteiger partial charge in [0.1, 0.15) is 0 Å². The first kappa shape index (κ1) is 22.3. The van der Waals surface area contributed by atoms with Crippen LogP contribution in [0.15, 0.2) is 0 Å². The van der Waals surface area contributed by atoms with E-state index in [1.54, 1.807) is 0 Å². The molecule has 0 aromatic rings.